The molecule has 0 bridgehead atoms. The van der Waals surface area contributed by atoms with E-state index in [4.69, 9.17) is 0 Å². The van der Waals surface area contributed by atoms with Gasteiger partial charge in [-0.1, -0.05) is 6.07 Å². The molecule has 0 spiro atoms. The number of benzene rings is 1. The van der Waals surface area contributed by atoms with Crippen molar-refractivity contribution in [2.24, 2.45) is 0 Å². The average Bonchev–Trinajstić information content (AvgIpc) is 2.78. The third-order valence-electron chi connectivity index (χ3n) is 5.77. The van der Waals surface area contributed by atoms with Gasteiger partial charge in [0.2, 0.25) is 14.8 Å². The molecule has 0 radical (unpaired) electrons. The maximum absolute atomic E-state index is 15.5. The molecule has 1 saturated carbocycles. The van der Waals surface area contributed by atoms with Crippen molar-refractivity contribution in [3.8, 4) is 0 Å². The van der Waals surface area contributed by atoms with Crippen molar-refractivity contribution in [3.63, 3.8) is 0 Å². The minimum Gasteiger partial charge on any atom is -0.349 e. The molecule has 1 aliphatic rings. The Bertz CT molecular complexity index is 1410. The predicted octanol–water partition coefficient (Wildman–Crippen LogP) is 4.33. The molecular weight excluding hydrogens is 557 g/mol. The van der Waals surface area contributed by atoms with Gasteiger partial charge >= 0.3 is 12.4 Å². The highest BCUT2D eigenvalue weighted by Crippen LogP contribution is 2.41. The Morgan fingerprint density at radius 2 is 1.57 bits per heavy atom. The Morgan fingerprint density at radius 1 is 0.973 bits per heavy atom. The number of nitrogens with zero attached hydrogens (tertiary/aromatic N) is 1. The molecule has 1 aromatic carbocycles. The molecule has 1 N–H and O–H groups in total. The zero-order chi connectivity index (χ0) is 28.0. The molecule has 2 aromatic rings. The summed E-state index contributed by atoms with van der Waals surface area (Å²) in [7, 11) is -9.24. The van der Waals surface area contributed by atoms with Gasteiger partial charge < -0.3 is 5.32 Å². The number of alkyl halides is 7. The number of carbonyl (C=O) groups is 1. The van der Waals surface area contributed by atoms with Gasteiger partial charge in [0.05, 0.1) is 16.0 Å². The number of carbonyl (C=O) groups excluding carboxylic acids is 1. The summed E-state index contributed by atoms with van der Waals surface area (Å²) in [5.41, 5.74) is -3.50. The quantitative estimate of drug-likeness (QED) is 0.531. The van der Waals surface area contributed by atoms with Crippen molar-refractivity contribution in [1.29, 1.82) is 0 Å². The summed E-state index contributed by atoms with van der Waals surface area (Å²) in [4.78, 5) is 14.8. The summed E-state index contributed by atoms with van der Waals surface area (Å²) in [5, 5.41) is -1.73. The summed E-state index contributed by atoms with van der Waals surface area (Å²) in [6, 6.07) is 2.78. The summed E-state index contributed by atoms with van der Waals surface area (Å²) >= 11 is 0. The van der Waals surface area contributed by atoms with Crippen LogP contribution in [0.3, 0.4) is 0 Å². The highest BCUT2D eigenvalue weighted by molar-refractivity contribution is 7.92. The molecular formula is C21H19F7N2O5S2. The summed E-state index contributed by atoms with van der Waals surface area (Å²) in [6.07, 6.45) is -11.3. The van der Waals surface area contributed by atoms with Gasteiger partial charge in [0.15, 0.2) is 14.9 Å². The highest BCUT2D eigenvalue weighted by Gasteiger charge is 2.48. The van der Waals surface area contributed by atoms with E-state index in [1.807, 2.05) is 0 Å². The number of hydrogen-bond acceptors (Lipinski definition) is 6. The second kappa shape index (κ2) is 9.53. The van der Waals surface area contributed by atoms with Crippen LogP contribution < -0.4 is 5.32 Å². The maximum atomic E-state index is 15.5. The van der Waals surface area contributed by atoms with Crippen molar-refractivity contribution in [2.45, 2.75) is 59.0 Å². The summed E-state index contributed by atoms with van der Waals surface area (Å²) in [5.74, 6) is -1.13. The van der Waals surface area contributed by atoms with Crippen LogP contribution in [0.5, 0.6) is 0 Å². The molecule has 3 rings (SSSR count). The summed E-state index contributed by atoms with van der Waals surface area (Å²) in [6.45, 7) is 0. The van der Waals surface area contributed by atoms with Crippen LogP contribution in [0.1, 0.15) is 47.3 Å². The molecule has 16 heteroatoms. The summed E-state index contributed by atoms with van der Waals surface area (Å²) < 4.78 is 143. The molecule has 1 fully saturated rings. The van der Waals surface area contributed by atoms with Crippen LogP contribution in [-0.2, 0) is 32.0 Å². The largest absolute Gasteiger partial charge is 0.433 e. The molecule has 1 aromatic heterocycles. The zero-order valence-electron chi connectivity index (χ0n) is 18.8. The van der Waals surface area contributed by atoms with Crippen LogP contribution >= 0.6 is 0 Å². The smallest absolute Gasteiger partial charge is 0.349 e. The highest BCUT2D eigenvalue weighted by atomic mass is 32.2. The Morgan fingerprint density at radius 3 is 2.08 bits per heavy atom. The van der Waals surface area contributed by atoms with Crippen molar-refractivity contribution >= 4 is 25.6 Å². The molecule has 0 saturated heterocycles. The Labute approximate surface area is 206 Å². The van der Waals surface area contributed by atoms with Crippen LogP contribution in [0.25, 0.3) is 0 Å². The van der Waals surface area contributed by atoms with Gasteiger partial charge in [-0.15, -0.1) is 0 Å². The predicted molar refractivity (Wildman–Crippen MR) is 115 cm³/mol. The molecule has 1 aliphatic carbocycles. The van der Waals surface area contributed by atoms with Crippen LogP contribution in [0.4, 0.5) is 30.7 Å². The Kier molecular flexibility index (Phi) is 7.42. The van der Waals surface area contributed by atoms with E-state index in [2.05, 4.69) is 10.3 Å². The van der Waals surface area contributed by atoms with E-state index in [1.165, 1.54) is 0 Å². The SMILES string of the molecule is CS(=O)(=O)c1nc(C(F)(F)F)ccc1C(=O)NC1CCC(F)(S(=O)(=O)c2cccc(C(F)(F)F)c2)CC1. The van der Waals surface area contributed by atoms with E-state index in [1.54, 1.807) is 0 Å². The van der Waals surface area contributed by atoms with Gasteiger partial charge in [-0.3, -0.25) is 4.79 Å². The molecule has 7 nitrogen and oxygen atoms in total. The molecule has 0 aliphatic heterocycles. The first-order valence-corrected chi connectivity index (χ1v) is 13.8. The van der Waals surface area contributed by atoms with Gasteiger partial charge in [0.1, 0.15) is 5.69 Å². The fourth-order valence-electron chi connectivity index (χ4n) is 3.83. The number of halogens is 7. The minimum absolute atomic E-state index is 0.303. The number of aromatic nitrogens is 1. The van der Waals surface area contributed by atoms with Crippen molar-refractivity contribution in [1.82, 2.24) is 10.3 Å². The lowest BCUT2D eigenvalue weighted by Gasteiger charge is -2.34. The van der Waals surface area contributed by atoms with E-state index in [0.29, 0.717) is 30.5 Å². The lowest BCUT2D eigenvalue weighted by molar-refractivity contribution is -0.141. The first-order chi connectivity index (χ1) is 16.8. The van der Waals surface area contributed by atoms with Crippen LogP contribution in [0.2, 0.25) is 0 Å². The minimum atomic E-state index is -4.98. The van der Waals surface area contributed by atoms with Crippen molar-refractivity contribution < 1.29 is 52.4 Å². The van der Waals surface area contributed by atoms with Gasteiger partial charge in [-0.2, -0.15) is 26.3 Å². The first-order valence-electron chi connectivity index (χ1n) is 10.5. The van der Waals surface area contributed by atoms with Gasteiger partial charge in [0, 0.05) is 12.3 Å². The fourth-order valence-corrected chi connectivity index (χ4v) is 6.39. The zero-order valence-corrected chi connectivity index (χ0v) is 20.5. The molecule has 1 heterocycles. The molecule has 37 heavy (non-hydrogen) atoms. The van der Waals surface area contributed by atoms with Crippen LogP contribution in [0.15, 0.2) is 46.3 Å². The molecule has 204 valence electrons. The topological polar surface area (TPSA) is 110 Å². The number of nitrogens with one attached hydrogen (secondary N) is 1. The number of rotatable bonds is 5. The first kappa shape index (κ1) is 28.8. The molecule has 1 amide bonds. The van der Waals surface area contributed by atoms with Crippen LogP contribution in [0, 0.1) is 0 Å². The number of hydrogen-bond donors (Lipinski definition) is 1. The fraction of sp³-hybridized carbons (Fsp3) is 0.429. The third-order valence-corrected chi connectivity index (χ3v) is 9.03. The van der Waals surface area contributed by atoms with E-state index < -0.39 is 88.6 Å². The lowest BCUT2D eigenvalue weighted by atomic mass is 9.93. The number of sulfone groups is 2. The maximum Gasteiger partial charge on any atom is 0.433 e. The van der Waals surface area contributed by atoms with Crippen LogP contribution in [-0.4, -0.2) is 45.0 Å². The van der Waals surface area contributed by atoms with Gasteiger partial charge in [0.25, 0.3) is 5.91 Å². The van der Waals surface area contributed by atoms with Gasteiger partial charge in [-0.05, 0) is 56.0 Å². The molecule has 0 atom stereocenters. The average molecular weight is 577 g/mol. The second-order valence-corrected chi connectivity index (χ2v) is 12.6. The van der Waals surface area contributed by atoms with E-state index in [-0.39, 0.29) is 12.8 Å². The Balaban J connectivity index is 1.78. The normalized spacial score (nSPS) is 21.5. The standard InChI is InChI=1S/C21H19F7N2O5S2/c1-36(32,33)18-15(5-6-16(30-18)21(26,27)28)17(31)29-13-7-9-19(22,10-8-13)37(34,35)14-4-2-3-12(11-14)20(23,24)25/h2-6,11,13H,7-10H2,1H3,(H,29,31). The van der Waals surface area contributed by atoms with E-state index in [0.717, 1.165) is 12.1 Å². The molecule has 0 unspecified atom stereocenters. The number of amides is 1. The van der Waals surface area contributed by atoms with Gasteiger partial charge in [-0.25, -0.2) is 26.2 Å². The van der Waals surface area contributed by atoms with Crippen molar-refractivity contribution in [3.05, 3.63) is 53.2 Å². The van der Waals surface area contributed by atoms with Crippen molar-refractivity contribution in [2.75, 3.05) is 6.26 Å². The Hall–Kier alpha value is -2.75. The second-order valence-electron chi connectivity index (χ2n) is 8.48. The monoisotopic (exact) mass is 576 g/mol. The van der Waals surface area contributed by atoms with E-state index in [9.17, 15) is 48.0 Å². The number of pyridine rings is 1. The lowest BCUT2D eigenvalue weighted by Crippen LogP contribution is -2.45. The third kappa shape index (κ3) is 6.05. The van der Waals surface area contributed by atoms with E-state index >= 15 is 4.39 Å².